The standard InChI is InChI=1S/C47H88NO8P/c1-3-5-7-9-11-13-15-17-19-20-21-22-23-24-26-28-30-32-34-36-38-40-47(50)56-45(44-55-57(51,52)54-42-41-48)43-53-46(49)39-37-35-33-31-29-27-25-18-16-14-12-10-8-6-4-2/h12,14,17-19,25,45H,3-11,13,15-16,20-24,26-44,48H2,1-2H3,(H,51,52)/t45-/m1/s1. The van der Waals surface area contributed by atoms with Crippen LogP contribution in [0.3, 0.4) is 0 Å². The monoisotopic (exact) mass is 826 g/mol. The van der Waals surface area contributed by atoms with Gasteiger partial charge < -0.3 is 20.1 Å². The van der Waals surface area contributed by atoms with Gasteiger partial charge >= 0.3 is 19.8 Å². The van der Waals surface area contributed by atoms with Crippen molar-refractivity contribution in [2.45, 2.75) is 225 Å². The zero-order chi connectivity index (χ0) is 41.8. The summed E-state index contributed by atoms with van der Waals surface area (Å²) in [5.41, 5.74) is 5.35. The molecule has 2 atom stereocenters. The molecule has 0 bridgehead atoms. The van der Waals surface area contributed by atoms with E-state index < -0.39 is 32.5 Å². The van der Waals surface area contributed by atoms with Crippen molar-refractivity contribution in [3.8, 4) is 0 Å². The van der Waals surface area contributed by atoms with Crippen LogP contribution in [0, 0.1) is 0 Å². The number of allylic oxidation sites excluding steroid dienone is 6. The number of nitrogens with two attached hydrogens (primary N) is 1. The van der Waals surface area contributed by atoms with Crippen molar-refractivity contribution in [3.63, 3.8) is 0 Å². The molecule has 57 heavy (non-hydrogen) atoms. The number of hydrogen-bond donors (Lipinski definition) is 2. The van der Waals surface area contributed by atoms with Crippen LogP contribution in [0.5, 0.6) is 0 Å². The molecule has 0 heterocycles. The van der Waals surface area contributed by atoms with Gasteiger partial charge in [0.15, 0.2) is 6.10 Å². The fourth-order valence-electron chi connectivity index (χ4n) is 6.48. The molecule has 0 radical (unpaired) electrons. The van der Waals surface area contributed by atoms with Crippen molar-refractivity contribution in [2.75, 3.05) is 26.4 Å². The molecule has 0 rings (SSSR count). The van der Waals surface area contributed by atoms with E-state index in [1.54, 1.807) is 0 Å². The lowest BCUT2D eigenvalue weighted by molar-refractivity contribution is -0.161. The van der Waals surface area contributed by atoms with Crippen LogP contribution in [0.15, 0.2) is 36.5 Å². The molecule has 334 valence electrons. The van der Waals surface area contributed by atoms with Crippen LogP contribution in [0.2, 0.25) is 0 Å². The van der Waals surface area contributed by atoms with Gasteiger partial charge in [0.05, 0.1) is 13.2 Å². The van der Waals surface area contributed by atoms with E-state index in [1.165, 1.54) is 122 Å². The highest BCUT2D eigenvalue weighted by Crippen LogP contribution is 2.43. The number of phosphoric ester groups is 1. The minimum absolute atomic E-state index is 0.0514. The minimum Gasteiger partial charge on any atom is -0.462 e. The van der Waals surface area contributed by atoms with E-state index in [0.29, 0.717) is 12.8 Å². The van der Waals surface area contributed by atoms with Crippen molar-refractivity contribution in [1.82, 2.24) is 0 Å². The summed E-state index contributed by atoms with van der Waals surface area (Å²) in [6.07, 6.45) is 48.9. The Morgan fingerprint density at radius 2 is 0.912 bits per heavy atom. The van der Waals surface area contributed by atoms with Gasteiger partial charge in [0.2, 0.25) is 0 Å². The summed E-state index contributed by atoms with van der Waals surface area (Å²) in [6, 6.07) is 0. The van der Waals surface area contributed by atoms with Crippen LogP contribution in [0.4, 0.5) is 0 Å². The Kier molecular flexibility index (Phi) is 42.4. The summed E-state index contributed by atoms with van der Waals surface area (Å²) in [5.74, 6) is -0.840. The highest BCUT2D eigenvalue weighted by molar-refractivity contribution is 7.47. The topological polar surface area (TPSA) is 134 Å². The second kappa shape index (κ2) is 43.8. The minimum atomic E-state index is -4.38. The molecule has 0 saturated carbocycles. The Morgan fingerprint density at radius 3 is 1.39 bits per heavy atom. The van der Waals surface area contributed by atoms with Gasteiger partial charge in [-0.15, -0.1) is 0 Å². The Morgan fingerprint density at radius 1 is 0.526 bits per heavy atom. The summed E-state index contributed by atoms with van der Waals surface area (Å²) in [6.45, 7) is 3.70. The molecule has 0 aromatic carbocycles. The first-order chi connectivity index (χ1) is 27.8. The fraction of sp³-hybridized carbons (Fsp3) is 0.830. The summed E-state index contributed by atoms with van der Waals surface area (Å²) in [7, 11) is -4.38. The third-order valence-electron chi connectivity index (χ3n) is 10.00. The molecular weight excluding hydrogens is 737 g/mol. The maximum atomic E-state index is 12.6. The van der Waals surface area contributed by atoms with Gasteiger partial charge in [0.1, 0.15) is 6.61 Å². The molecule has 3 N–H and O–H groups in total. The predicted molar refractivity (Wildman–Crippen MR) is 238 cm³/mol. The molecule has 0 amide bonds. The van der Waals surface area contributed by atoms with Crippen molar-refractivity contribution >= 4 is 19.8 Å². The van der Waals surface area contributed by atoms with Crippen LogP contribution in [0.1, 0.15) is 219 Å². The molecule has 9 nitrogen and oxygen atoms in total. The fourth-order valence-corrected chi connectivity index (χ4v) is 7.25. The number of rotatable bonds is 44. The zero-order valence-electron chi connectivity index (χ0n) is 36.8. The number of carbonyl (C=O) groups excluding carboxylic acids is 2. The quantitative estimate of drug-likeness (QED) is 0.0266. The molecule has 10 heteroatoms. The normalized spacial score (nSPS) is 13.5. The van der Waals surface area contributed by atoms with Crippen molar-refractivity contribution in [2.24, 2.45) is 5.73 Å². The van der Waals surface area contributed by atoms with E-state index in [0.717, 1.165) is 57.8 Å². The van der Waals surface area contributed by atoms with Crippen LogP contribution in [0.25, 0.3) is 0 Å². The third-order valence-corrected chi connectivity index (χ3v) is 11.0. The van der Waals surface area contributed by atoms with Crippen molar-refractivity contribution < 1.29 is 37.6 Å². The smallest absolute Gasteiger partial charge is 0.462 e. The van der Waals surface area contributed by atoms with Gasteiger partial charge in [-0.05, 0) is 70.6 Å². The molecule has 0 aliphatic rings. The average molecular weight is 826 g/mol. The van der Waals surface area contributed by atoms with Gasteiger partial charge in [-0.1, -0.05) is 172 Å². The Balaban J connectivity index is 4.09. The first kappa shape index (κ1) is 55.2. The molecular formula is C47H88NO8P. The van der Waals surface area contributed by atoms with E-state index in [-0.39, 0.29) is 32.6 Å². The third kappa shape index (κ3) is 43.6. The lowest BCUT2D eigenvalue weighted by atomic mass is 10.0. The Labute approximate surface area is 350 Å². The van der Waals surface area contributed by atoms with Crippen molar-refractivity contribution in [1.29, 1.82) is 0 Å². The van der Waals surface area contributed by atoms with Gasteiger partial charge in [-0.25, -0.2) is 4.57 Å². The largest absolute Gasteiger partial charge is 0.472 e. The molecule has 0 aromatic rings. The lowest BCUT2D eigenvalue weighted by Gasteiger charge is -2.19. The molecule has 0 saturated heterocycles. The summed E-state index contributed by atoms with van der Waals surface area (Å²) >= 11 is 0. The average Bonchev–Trinajstić information content (AvgIpc) is 3.20. The lowest BCUT2D eigenvalue weighted by Crippen LogP contribution is -2.29. The zero-order valence-corrected chi connectivity index (χ0v) is 37.7. The highest BCUT2D eigenvalue weighted by Gasteiger charge is 2.26. The SMILES string of the molecule is CCCCCC=CCC=CCCCCCCCC(=O)OC[C@H](COP(=O)(O)OCCN)OC(=O)CCCCCCCCCCCCCC=CCCCCCCCC. The molecule has 0 fully saturated rings. The van der Waals surface area contributed by atoms with Crippen molar-refractivity contribution in [3.05, 3.63) is 36.5 Å². The number of ether oxygens (including phenoxy) is 2. The summed E-state index contributed by atoms with van der Waals surface area (Å²) in [5, 5.41) is 0. The van der Waals surface area contributed by atoms with Gasteiger partial charge in [0, 0.05) is 19.4 Å². The van der Waals surface area contributed by atoms with E-state index in [9.17, 15) is 19.0 Å². The number of unbranched alkanes of at least 4 members (excludes halogenated alkanes) is 25. The second-order valence-corrected chi connectivity index (χ2v) is 17.1. The van der Waals surface area contributed by atoms with E-state index in [4.69, 9.17) is 24.3 Å². The Bertz CT molecular complexity index is 1030. The van der Waals surface area contributed by atoms with E-state index in [2.05, 4.69) is 50.3 Å². The molecule has 0 aliphatic heterocycles. The summed E-state index contributed by atoms with van der Waals surface area (Å²) in [4.78, 5) is 34.9. The van der Waals surface area contributed by atoms with Crippen LogP contribution >= 0.6 is 7.82 Å². The van der Waals surface area contributed by atoms with E-state index >= 15 is 0 Å². The molecule has 0 aliphatic carbocycles. The van der Waals surface area contributed by atoms with Gasteiger partial charge in [-0.2, -0.15) is 0 Å². The van der Waals surface area contributed by atoms with Gasteiger partial charge in [0.25, 0.3) is 0 Å². The Hall–Kier alpha value is -1.77. The predicted octanol–water partition coefficient (Wildman–Crippen LogP) is 13.7. The van der Waals surface area contributed by atoms with Crippen LogP contribution in [-0.4, -0.2) is 49.3 Å². The van der Waals surface area contributed by atoms with Crippen LogP contribution in [-0.2, 0) is 32.7 Å². The number of esters is 2. The first-order valence-electron chi connectivity index (χ1n) is 23.5. The van der Waals surface area contributed by atoms with E-state index in [1.807, 2.05) is 0 Å². The van der Waals surface area contributed by atoms with Gasteiger partial charge in [-0.3, -0.25) is 18.6 Å². The molecule has 0 spiro atoms. The maximum Gasteiger partial charge on any atom is 0.472 e. The molecule has 0 aromatic heterocycles. The molecule has 1 unspecified atom stereocenters. The summed E-state index contributed by atoms with van der Waals surface area (Å²) < 4.78 is 32.8. The number of phosphoric acid groups is 1. The maximum absolute atomic E-state index is 12.6. The number of carbonyl (C=O) groups is 2. The first-order valence-corrected chi connectivity index (χ1v) is 25.0. The second-order valence-electron chi connectivity index (χ2n) is 15.6. The number of hydrogen-bond acceptors (Lipinski definition) is 8. The van der Waals surface area contributed by atoms with Crippen LogP contribution < -0.4 is 5.73 Å². The highest BCUT2D eigenvalue weighted by atomic mass is 31.2.